The van der Waals surface area contributed by atoms with E-state index in [-0.39, 0.29) is 5.97 Å². The number of nitrogens with zero attached hydrogens (tertiary/aromatic N) is 1. The van der Waals surface area contributed by atoms with Crippen LogP contribution in [0.4, 0.5) is 11.4 Å². The lowest BCUT2D eigenvalue weighted by Crippen LogP contribution is -2.17. The number of carbonyl (C=O) groups excluding carboxylic acids is 1. The van der Waals surface area contributed by atoms with Gasteiger partial charge in [0.2, 0.25) is 0 Å². The lowest BCUT2D eigenvalue weighted by atomic mass is 10.1. The number of ether oxygens (including phenoxy) is 1. The molecule has 0 aromatic heterocycles. The summed E-state index contributed by atoms with van der Waals surface area (Å²) in [7, 11) is 3.31. The highest BCUT2D eigenvalue weighted by Crippen LogP contribution is 2.27. The Morgan fingerprint density at radius 1 is 1.24 bits per heavy atom. The van der Waals surface area contributed by atoms with E-state index in [1.54, 1.807) is 24.3 Å². The third-order valence-electron chi connectivity index (χ3n) is 3.20. The number of nitrogens with two attached hydrogens (primary N) is 1. The lowest BCUT2D eigenvalue weighted by Gasteiger charge is -2.21. The van der Waals surface area contributed by atoms with Crippen LogP contribution < -0.4 is 10.6 Å². The van der Waals surface area contributed by atoms with Crippen molar-refractivity contribution in [1.82, 2.24) is 0 Å². The largest absolute Gasteiger partial charge is 0.465 e. The fourth-order valence-electron chi connectivity index (χ4n) is 2.07. The fourth-order valence-corrected chi connectivity index (χ4v) is 2.24. The van der Waals surface area contributed by atoms with Crippen molar-refractivity contribution < 1.29 is 9.53 Å². The summed E-state index contributed by atoms with van der Waals surface area (Å²) in [4.78, 5) is 13.4. The van der Waals surface area contributed by atoms with Crippen molar-refractivity contribution in [2.45, 2.75) is 6.54 Å². The number of anilines is 2. The van der Waals surface area contributed by atoms with Crippen LogP contribution in [0.2, 0.25) is 5.02 Å². The van der Waals surface area contributed by atoms with Crippen LogP contribution in [0, 0.1) is 0 Å². The predicted molar refractivity (Wildman–Crippen MR) is 85.8 cm³/mol. The number of rotatable bonds is 4. The minimum Gasteiger partial charge on any atom is -0.465 e. The average molecular weight is 305 g/mol. The van der Waals surface area contributed by atoms with Crippen molar-refractivity contribution in [1.29, 1.82) is 0 Å². The van der Waals surface area contributed by atoms with Gasteiger partial charge in [-0.25, -0.2) is 4.79 Å². The Hall–Kier alpha value is -2.20. The number of methoxy groups -OCH3 is 1. The number of nitrogen functional groups attached to an aromatic ring is 1. The summed E-state index contributed by atoms with van der Waals surface area (Å²) >= 11 is 6.00. The van der Waals surface area contributed by atoms with Crippen molar-refractivity contribution in [3.63, 3.8) is 0 Å². The van der Waals surface area contributed by atoms with Crippen LogP contribution in [0.15, 0.2) is 42.5 Å². The Balaban J connectivity index is 2.14. The first-order valence-electron chi connectivity index (χ1n) is 6.44. The molecule has 0 spiro atoms. The van der Waals surface area contributed by atoms with E-state index in [0.29, 0.717) is 22.8 Å². The summed E-state index contributed by atoms with van der Waals surface area (Å²) in [5.41, 5.74) is 9.11. The van der Waals surface area contributed by atoms with Gasteiger partial charge in [0.15, 0.2) is 0 Å². The molecule has 21 heavy (non-hydrogen) atoms. The molecule has 0 fully saturated rings. The average Bonchev–Trinajstić information content (AvgIpc) is 2.49. The van der Waals surface area contributed by atoms with Crippen LogP contribution in [-0.4, -0.2) is 20.1 Å². The molecule has 0 saturated carbocycles. The highest BCUT2D eigenvalue weighted by Gasteiger charge is 2.08. The summed E-state index contributed by atoms with van der Waals surface area (Å²) < 4.78 is 4.67. The number of halogens is 1. The van der Waals surface area contributed by atoms with E-state index < -0.39 is 0 Å². The summed E-state index contributed by atoms with van der Waals surface area (Å²) in [6.45, 7) is 0.659. The maximum absolute atomic E-state index is 11.4. The Morgan fingerprint density at radius 2 is 1.90 bits per heavy atom. The minimum absolute atomic E-state index is 0.339. The molecule has 0 aliphatic heterocycles. The molecule has 0 atom stereocenters. The molecule has 0 saturated heterocycles. The standard InChI is InChI=1S/C16H17ClN2O2/c1-19(15-9-13(17)7-8-14(15)18)10-11-3-5-12(6-4-11)16(20)21-2/h3-9H,10,18H2,1-2H3. The van der Waals surface area contributed by atoms with E-state index in [4.69, 9.17) is 17.3 Å². The summed E-state index contributed by atoms with van der Waals surface area (Å²) in [6, 6.07) is 12.7. The first-order valence-corrected chi connectivity index (χ1v) is 6.82. The molecule has 5 heteroatoms. The molecule has 4 nitrogen and oxygen atoms in total. The Morgan fingerprint density at radius 3 is 2.52 bits per heavy atom. The van der Waals surface area contributed by atoms with E-state index in [2.05, 4.69) is 4.74 Å². The molecule has 0 bridgehead atoms. The molecule has 2 rings (SSSR count). The van der Waals surface area contributed by atoms with Gasteiger partial charge in [0.05, 0.1) is 24.0 Å². The summed E-state index contributed by atoms with van der Waals surface area (Å²) in [5, 5.41) is 0.645. The molecule has 0 unspecified atom stereocenters. The normalized spacial score (nSPS) is 10.2. The third-order valence-corrected chi connectivity index (χ3v) is 3.43. The molecular weight excluding hydrogens is 288 g/mol. The van der Waals surface area contributed by atoms with Gasteiger partial charge in [-0.3, -0.25) is 0 Å². The summed E-state index contributed by atoms with van der Waals surface area (Å²) in [5.74, 6) is -0.339. The second-order valence-corrected chi connectivity index (χ2v) is 5.18. The molecule has 2 aromatic rings. The van der Waals surface area contributed by atoms with Crippen LogP contribution >= 0.6 is 11.6 Å². The number of hydrogen-bond acceptors (Lipinski definition) is 4. The first kappa shape index (κ1) is 15.2. The molecule has 0 amide bonds. The molecule has 0 aliphatic carbocycles. The summed E-state index contributed by atoms with van der Waals surface area (Å²) in [6.07, 6.45) is 0. The van der Waals surface area contributed by atoms with Gasteiger partial charge in [0.1, 0.15) is 0 Å². The first-order chi connectivity index (χ1) is 10.0. The molecule has 2 N–H and O–H groups in total. The number of carbonyl (C=O) groups is 1. The van der Waals surface area contributed by atoms with Gasteiger partial charge in [-0.2, -0.15) is 0 Å². The highest BCUT2D eigenvalue weighted by molar-refractivity contribution is 6.31. The van der Waals surface area contributed by atoms with Crippen molar-refractivity contribution in [3.8, 4) is 0 Å². The second kappa shape index (κ2) is 6.50. The van der Waals surface area contributed by atoms with E-state index in [9.17, 15) is 4.79 Å². The van der Waals surface area contributed by atoms with Crippen molar-refractivity contribution >= 4 is 28.9 Å². The zero-order valence-corrected chi connectivity index (χ0v) is 12.7. The minimum atomic E-state index is -0.339. The van der Waals surface area contributed by atoms with Gasteiger partial charge in [-0.05, 0) is 35.9 Å². The van der Waals surface area contributed by atoms with Crippen LogP contribution in [0.5, 0.6) is 0 Å². The van der Waals surface area contributed by atoms with Crippen LogP contribution in [0.3, 0.4) is 0 Å². The van der Waals surface area contributed by atoms with Gasteiger partial charge >= 0.3 is 5.97 Å². The number of hydrogen-bond donors (Lipinski definition) is 1. The zero-order valence-electron chi connectivity index (χ0n) is 12.0. The van der Waals surface area contributed by atoms with E-state index in [1.165, 1.54) is 7.11 Å². The lowest BCUT2D eigenvalue weighted by molar-refractivity contribution is 0.0600. The van der Waals surface area contributed by atoms with Crippen molar-refractivity contribution in [2.75, 3.05) is 24.8 Å². The predicted octanol–water partition coefficient (Wildman–Crippen LogP) is 3.35. The monoisotopic (exact) mass is 304 g/mol. The van der Waals surface area contributed by atoms with Gasteiger partial charge in [0.25, 0.3) is 0 Å². The second-order valence-electron chi connectivity index (χ2n) is 4.75. The van der Waals surface area contributed by atoms with Crippen molar-refractivity contribution in [2.24, 2.45) is 0 Å². The van der Waals surface area contributed by atoms with Crippen LogP contribution in [-0.2, 0) is 11.3 Å². The number of benzene rings is 2. The molecule has 0 heterocycles. The topological polar surface area (TPSA) is 55.6 Å². The molecule has 0 aliphatic rings. The smallest absolute Gasteiger partial charge is 0.337 e. The molecule has 110 valence electrons. The van der Waals surface area contributed by atoms with Crippen LogP contribution in [0.25, 0.3) is 0 Å². The number of esters is 1. The van der Waals surface area contributed by atoms with E-state index >= 15 is 0 Å². The van der Waals surface area contributed by atoms with Gasteiger partial charge in [0, 0.05) is 18.6 Å². The highest BCUT2D eigenvalue weighted by atomic mass is 35.5. The quantitative estimate of drug-likeness (QED) is 0.695. The van der Waals surface area contributed by atoms with Crippen LogP contribution in [0.1, 0.15) is 15.9 Å². The molecule has 2 aromatic carbocycles. The van der Waals surface area contributed by atoms with Gasteiger partial charge < -0.3 is 15.4 Å². The van der Waals surface area contributed by atoms with E-state index in [1.807, 2.05) is 30.1 Å². The van der Waals surface area contributed by atoms with Crippen molar-refractivity contribution in [3.05, 3.63) is 58.6 Å². The third kappa shape index (κ3) is 3.67. The SMILES string of the molecule is COC(=O)c1ccc(CN(C)c2cc(Cl)ccc2N)cc1. The maximum Gasteiger partial charge on any atom is 0.337 e. The fraction of sp³-hybridized carbons (Fsp3) is 0.188. The zero-order chi connectivity index (χ0) is 15.4. The molecular formula is C16H17ClN2O2. The Labute approximate surface area is 129 Å². The Bertz CT molecular complexity index is 641. The van der Waals surface area contributed by atoms with Gasteiger partial charge in [-0.1, -0.05) is 23.7 Å². The van der Waals surface area contributed by atoms with E-state index in [0.717, 1.165) is 11.3 Å². The maximum atomic E-state index is 11.4. The van der Waals surface area contributed by atoms with Gasteiger partial charge in [-0.15, -0.1) is 0 Å². The Kier molecular flexibility index (Phi) is 4.70. The molecule has 0 radical (unpaired) electrons.